The predicted molar refractivity (Wildman–Crippen MR) is 68.4 cm³/mol. The van der Waals surface area contributed by atoms with Gasteiger partial charge in [-0.1, -0.05) is 0 Å². The molecule has 3 amide bonds. The summed E-state index contributed by atoms with van der Waals surface area (Å²) in [6, 6.07) is -1.47. The van der Waals surface area contributed by atoms with E-state index >= 15 is 0 Å². The number of hydrogen-bond donors (Lipinski definition) is 2. The van der Waals surface area contributed by atoms with E-state index in [4.69, 9.17) is 4.74 Å². The van der Waals surface area contributed by atoms with E-state index < -0.39 is 24.0 Å². The van der Waals surface area contributed by atoms with Gasteiger partial charge in [0.2, 0.25) is 5.91 Å². The van der Waals surface area contributed by atoms with Crippen LogP contribution < -0.4 is 10.6 Å². The lowest BCUT2D eigenvalue weighted by molar-refractivity contribution is -0.147. The molecule has 108 valence electrons. The molecule has 19 heavy (non-hydrogen) atoms. The highest BCUT2D eigenvalue weighted by Gasteiger charge is 2.37. The molecule has 1 heterocycles. The van der Waals surface area contributed by atoms with Crippen molar-refractivity contribution in [3.05, 3.63) is 0 Å². The van der Waals surface area contributed by atoms with Crippen LogP contribution in [0.1, 0.15) is 26.7 Å². The standard InChI is InChI=1S/C12H21N3O4/c1-4-13-12(18)14-10(16)8(2)15-7-5-6-9(15)11(17)19-3/h8-9H,4-7H2,1-3H3,(H2,13,14,16,18). The number of methoxy groups -OCH3 is 1. The van der Waals surface area contributed by atoms with Gasteiger partial charge in [-0.15, -0.1) is 0 Å². The molecule has 1 saturated heterocycles. The lowest BCUT2D eigenvalue weighted by atomic mass is 10.2. The SMILES string of the molecule is CCNC(=O)NC(=O)C(C)N1CCCC1C(=O)OC. The molecule has 7 heteroatoms. The first kappa shape index (κ1) is 15.4. The van der Waals surface area contributed by atoms with Gasteiger partial charge in [0.15, 0.2) is 0 Å². The molecule has 2 atom stereocenters. The number of likely N-dealkylation sites (tertiary alicyclic amines) is 1. The maximum absolute atomic E-state index is 11.9. The maximum atomic E-state index is 11.9. The van der Waals surface area contributed by atoms with Gasteiger partial charge in [0.05, 0.1) is 13.2 Å². The van der Waals surface area contributed by atoms with Gasteiger partial charge in [-0.2, -0.15) is 0 Å². The van der Waals surface area contributed by atoms with Crippen molar-refractivity contribution in [2.24, 2.45) is 0 Å². The average Bonchev–Trinajstić information content (AvgIpc) is 2.86. The molecule has 1 fully saturated rings. The Balaban J connectivity index is 2.60. The fraction of sp³-hybridized carbons (Fsp3) is 0.750. The van der Waals surface area contributed by atoms with E-state index in [9.17, 15) is 14.4 Å². The third-order valence-corrected chi connectivity index (χ3v) is 3.22. The normalized spacial score (nSPS) is 20.7. The zero-order valence-electron chi connectivity index (χ0n) is 11.6. The van der Waals surface area contributed by atoms with Crippen molar-refractivity contribution in [2.45, 2.75) is 38.8 Å². The van der Waals surface area contributed by atoms with Crippen LogP contribution in [-0.2, 0) is 14.3 Å². The van der Waals surface area contributed by atoms with Crippen molar-refractivity contribution in [1.82, 2.24) is 15.5 Å². The topological polar surface area (TPSA) is 87.7 Å². The Bertz CT molecular complexity index is 359. The molecule has 1 aliphatic rings. The number of carbonyl (C=O) groups is 3. The number of urea groups is 1. The van der Waals surface area contributed by atoms with Crippen molar-refractivity contribution in [3.63, 3.8) is 0 Å². The number of imide groups is 1. The number of nitrogens with zero attached hydrogens (tertiary/aromatic N) is 1. The lowest BCUT2D eigenvalue weighted by Gasteiger charge is -2.27. The Kier molecular flexibility index (Phi) is 5.75. The zero-order valence-corrected chi connectivity index (χ0v) is 11.6. The average molecular weight is 271 g/mol. The number of carbonyl (C=O) groups excluding carboxylic acids is 3. The summed E-state index contributed by atoms with van der Waals surface area (Å²) in [5.74, 6) is -0.753. The fourth-order valence-corrected chi connectivity index (χ4v) is 2.21. The first-order valence-corrected chi connectivity index (χ1v) is 6.43. The van der Waals surface area contributed by atoms with Crippen molar-refractivity contribution in [1.29, 1.82) is 0 Å². The largest absolute Gasteiger partial charge is 0.468 e. The minimum atomic E-state index is -0.547. The molecule has 0 aromatic carbocycles. The minimum Gasteiger partial charge on any atom is -0.468 e. The van der Waals surface area contributed by atoms with Gasteiger partial charge in [-0.25, -0.2) is 4.79 Å². The third kappa shape index (κ3) is 3.92. The summed E-state index contributed by atoms with van der Waals surface area (Å²) < 4.78 is 4.72. The van der Waals surface area contributed by atoms with Crippen LogP contribution in [0.5, 0.6) is 0 Å². The van der Waals surface area contributed by atoms with E-state index in [2.05, 4.69) is 10.6 Å². The highest BCUT2D eigenvalue weighted by Crippen LogP contribution is 2.21. The molecular formula is C12H21N3O4. The number of amides is 3. The number of rotatable bonds is 4. The van der Waals surface area contributed by atoms with E-state index in [0.717, 1.165) is 6.42 Å². The van der Waals surface area contributed by atoms with Gasteiger partial charge in [0.1, 0.15) is 6.04 Å². The smallest absolute Gasteiger partial charge is 0.323 e. The molecule has 0 bridgehead atoms. The van der Waals surface area contributed by atoms with Gasteiger partial charge in [-0.3, -0.25) is 19.8 Å². The first-order chi connectivity index (χ1) is 9.01. The van der Waals surface area contributed by atoms with Crippen LogP contribution in [0.2, 0.25) is 0 Å². The van der Waals surface area contributed by atoms with Crippen LogP contribution in [-0.4, -0.2) is 55.1 Å². The van der Waals surface area contributed by atoms with Gasteiger partial charge < -0.3 is 10.1 Å². The maximum Gasteiger partial charge on any atom is 0.323 e. The van der Waals surface area contributed by atoms with E-state index in [-0.39, 0.29) is 5.97 Å². The minimum absolute atomic E-state index is 0.338. The Morgan fingerprint density at radius 3 is 2.68 bits per heavy atom. The van der Waals surface area contributed by atoms with Crippen LogP contribution in [0.3, 0.4) is 0 Å². The molecule has 2 unspecified atom stereocenters. The summed E-state index contributed by atoms with van der Waals surface area (Å²) in [6.45, 7) is 4.53. The summed E-state index contributed by atoms with van der Waals surface area (Å²) >= 11 is 0. The number of hydrogen-bond acceptors (Lipinski definition) is 5. The van der Waals surface area contributed by atoms with Gasteiger partial charge in [-0.05, 0) is 33.2 Å². The molecule has 1 aliphatic heterocycles. The molecule has 0 aromatic rings. The summed E-state index contributed by atoms with van der Waals surface area (Å²) in [6.07, 6.45) is 1.50. The van der Waals surface area contributed by atoms with Crippen LogP contribution in [0.25, 0.3) is 0 Å². The molecule has 0 saturated carbocycles. The van der Waals surface area contributed by atoms with Crippen molar-refractivity contribution >= 4 is 17.9 Å². The molecule has 1 rings (SSSR count). The summed E-state index contributed by atoms with van der Waals surface area (Å²) in [7, 11) is 1.33. The lowest BCUT2D eigenvalue weighted by Crippen LogP contribution is -2.52. The molecule has 7 nitrogen and oxygen atoms in total. The third-order valence-electron chi connectivity index (χ3n) is 3.22. The molecule has 0 aromatic heterocycles. The Labute approximate surface area is 112 Å². The highest BCUT2D eigenvalue weighted by atomic mass is 16.5. The molecule has 0 spiro atoms. The predicted octanol–water partition coefficient (Wildman–Crippen LogP) is -0.142. The summed E-state index contributed by atoms with van der Waals surface area (Å²) in [5.41, 5.74) is 0. The van der Waals surface area contributed by atoms with E-state index in [1.807, 2.05) is 0 Å². The van der Waals surface area contributed by atoms with Crippen molar-refractivity contribution in [3.8, 4) is 0 Å². The number of nitrogens with one attached hydrogen (secondary N) is 2. The number of ether oxygens (including phenoxy) is 1. The monoisotopic (exact) mass is 271 g/mol. The molecule has 2 N–H and O–H groups in total. The van der Waals surface area contributed by atoms with Crippen LogP contribution in [0.15, 0.2) is 0 Å². The van der Waals surface area contributed by atoms with Gasteiger partial charge in [0.25, 0.3) is 0 Å². The molecular weight excluding hydrogens is 250 g/mol. The Morgan fingerprint density at radius 2 is 2.11 bits per heavy atom. The van der Waals surface area contributed by atoms with Gasteiger partial charge in [0, 0.05) is 6.54 Å². The van der Waals surface area contributed by atoms with E-state index in [1.165, 1.54) is 7.11 Å². The van der Waals surface area contributed by atoms with Crippen LogP contribution in [0, 0.1) is 0 Å². The Morgan fingerprint density at radius 1 is 1.42 bits per heavy atom. The zero-order chi connectivity index (χ0) is 14.4. The second-order valence-corrected chi connectivity index (χ2v) is 4.44. The second kappa shape index (κ2) is 7.08. The van der Waals surface area contributed by atoms with Crippen LogP contribution in [0.4, 0.5) is 4.79 Å². The number of esters is 1. The molecule has 0 aliphatic carbocycles. The summed E-state index contributed by atoms with van der Waals surface area (Å²) in [4.78, 5) is 36.6. The van der Waals surface area contributed by atoms with E-state index in [1.54, 1.807) is 18.7 Å². The van der Waals surface area contributed by atoms with Crippen molar-refractivity contribution in [2.75, 3.05) is 20.2 Å². The highest BCUT2D eigenvalue weighted by molar-refractivity contribution is 5.97. The Hall–Kier alpha value is -1.63. The summed E-state index contributed by atoms with van der Waals surface area (Å²) in [5, 5.41) is 4.74. The fourth-order valence-electron chi connectivity index (χ4n) is 2.21. The second-order valence-electron chi connectivity index (χ2n) is 4.44. The van der Waals surface area contributed by atoms with E-state index in [0.29, 0.717) is 19.5 Å². The quantitative estimate of drug-likeness (QED) is 0.695. The van der Waals surface area contributed by atoms with Crippen LogP contribution >= 0.6 is 0 Å². The first-order valence-electron chi connectivity index (χ1n) is 6.43. The molecule has 0 radical (unpaired) electrons. The van der Waals surface area contributed by atoms with Gasteiger partial charge >= 0.3 is 12.0 Å². The van der Waals surface area contributed by atoms with Crippen molar-refractivity contribution < 1.29 is 19.1 Å².